The molecule has 6 nitrogen and oxygen atoms in total. The van der Waals surface area contributed by atoms with E-state index in [4.69, 9.17) is 4.74 Å². The first-order valence-corrected chi connectivity index (χ1v) is 7.01. The maximum atomic E-state index is 11.8. The van der Waals surface area contributed by atoms with E-state index >= 15 is 0 Å². The molecule has 0 spiro atoms. The van der Waals surface area contributed by atoms with Crippen molar-refractivity contribution in [2.24, 2.45) is 0 Å². The summed E-state index contributed by atoms with van der Waals surface area (Å²) in [6.45, 7) is 1.74. The fraction of sp³-hybridized carbons (Fsp3) is 0.333. The number of fused-ring (bicyclic) bond motifs is 1. The Balaban J connectivity index is 2.02. The normalized spacial score (nSPS) is 14.1. The van der Waals surface area contributed by atoms with E-state index in [9.17, 15) is 4.79 Å². The SMILES string of the molecule is COc1ccccc1Nc1nc(=O)[nH]c2c1CCNCC2. The number of hydrogen-bond donors (Lipinski definition) is 3. The zero-order valence-corrected chi connectivity index (χ0v) is 11.9. The van der Waals surface area contributed by atoms with Crippen LogP contribution in [-0.4, -0.2) is 30.2 Å². The summed E-state index contributed by atoms with van der Waals surface area (Å²) in [6, 6.07) is 7.59. The van der Waals surface area contributed by atoms with Crippen LogP contribution in [0.1, 0.15) is 11.3 Å². The van der Waals surface area contributed by atoms with Crippen LogP contribution in [0.4, 0.5) is 11.5 Å². The maximum Gasteiger partial charge on any atom is 0.347 e. The first kappa shape index (κ1) is 13.6. The zero-order valence-electron chi connectivity index (χ0n) is 11.9. The molecular weight excluding hydrogens is 268 g/mol. The van der Waals surface area contributed by atoms with Crippen LogP contribution >= 0.6 is 0 Å². The van der Waals surface area contributed by atoms with E-state index in [0.717, 1.165) is 48.6 Å². The lowest BCUT2D eigenvalue weighted by Crippen LogP contribution is -2.18. The minimum Gasteiger partial charge on any atom is -0.495 e. The highest BCUT2D eigenvalue weighted by molar-refractivity contribution is 5.66. The molecule has 0 atom stereocenters. The Morgan fingerprint density at radius 2 is 2.05 bits per heavy atom. The Labute approximate surface area is 122 Å². The quantitative estimate of drug-likeness (QED) is 0.790. The van der Waals surface area contributed by atoms with Crippen LogP contribution in [0.25, 0.3) is 0 Å². The molecule has 0 aliphatic carbocycles. The second-order valence-electron chi connectivity index (χ2n) is 4.92. The molecule has 0 radical (unpaired) electrons. The molecule has 0 amide bonds. The second-order valence-corrected chi connectivity index (χ2v) is 4.92. The summed E-state index contributed by atoms with van der Waals surface area (Å²) < 4.78 is 5.33. The largest absolute Gasteiger partial charge is 0.495 e. The highest BCUT2D eigenvalue weighted by atomic mass is 16.5. The van der Waals surface area contributed by atoms with Gasteiger partial charge in [0.25, 0.3) is 0 Å². The number of para-hydroxylation sites is 2. The summed E-state index contributed by atoms with van der Waals surface area (Å²) in [5.41, 5.74) is 2.49. The Morgan fingerprint density at radius 1 is 1.24 bits per heavy atom. The molecule has 0 bridgehead atoms. The fourth-order valence-electron chi connectivity index (χ4n) is 2.56. The summed E-state index contributed by atoms with van der Waals surface area (Å²) in [5.74, 6) is 1.34. The van der Waals surface area contributed by atoms with Crippen molar-refractivity contribution in [3.8, 4) is 5.75 Å². The Kier molecular flexibility index (Phi) is 3.87. The molecule has 0 saturated heterocycles. The summed E-state index contributed by atoms with van der Waals surface area (Å²) >= 11 is 0. The van der Waals surface area contributed by atoms with Gasteiger partial charge in [0.05, 0.1) is 12.8 Å². The van der Waals surface area contributed by atoms with Gasteiger partial charge in [0.1, 0.15) is 11.6 Å². The van der Waals surface area contributed by atoms with Gasteiger partial charge in [0.2, 0.25) is 0 Å². The number of nitrogens with one attached hydrogen (secondary N) is 3. The summed E-state index contributed by atoms with van der Waals surface area (Å²) in [7, 11) is 1.62. The number of H-pyrrole nitrogens is 1. The van der Waals surface area contributed by atoms with Crippen LogP contribution < -0.4 is 21.1 Å². The van der Waals surface area contributed by atoms with Gasteiger partial charge in [-0.3, -0.25) is 0 Å². The van der Waals surface area contributed by atoms with E-state index in [1.807, 2.05) is 24.3 Å². The van der Waals surface area contributed by atoms with Crippen molar-refractivity contribution in [2.45, 2.75) is 12.8 Å². The fourth-order valence-corrected chi connectivity index (χ4v) is 2.56. The average molecular weight is 286 g/mol. The predicted molar refractivity (Wildman–Crippen MR) is 81.4 cm³/mol. The van der Waals surface area contributed by atoms with Crippen molar-refractivity contribution in [3.63, 3.8) is 0 Å². The number of aromatic nitrogens is 2. The third kappa shape index (κ3) is 2.90. The van der Waals surface area contributed by atoms with Crippen molar-refractivity contribution >= 4 is 11.5 Å². The number of methoxy groups -OCH3 is 1. The average Bonchev–Trinajstić information content (AvgIpc) is 2.73. The molecule has 6 heteroatoms. The first-order valence-electron chi connectivity index (χ1n) is 7.01. The van der Waals surface area contributed by atoms with E-state index in [-0.39, 0.29) is 5.69 Å². The zero-order chi connectivity index (χ0) is 14.7. The molecule has 3 rings (SSSR count). The molecule has 0 unspecified atom stereocenters. The Hall–Kier alpha value is -2.34. The molecule has 1 aliphatic heterocycles. The van der Waals surface area contributed by atoms with Gasteiger partial charge in [0.15, 0.2) is 0 Å². The molecule has 21 heavy (non-hydrogen) atoms. The standard InChI is InChI=1S/C15H18N4O2/c1-21-13-5-3-2-4-12(13)17-14-10-6-8-16-9-7-11(10)18-15(20)19-14/h2-5,16H,6-9H2,1H3,(H2,17,18,19,20). The lowest BCUT2D eigenvalue weighted by atomic mass is 10.1. The van der Waals surface area contributed by atoms with Crippen LogP contribution in [0, 0.1) is 0 Å². The highest BCUT2D eigenvalue weighted by Crippen LogP contribution is 2.28. The molecule has 0 saturated carbocycles. The van der Waals surface area contributed by atoms with Gasteiger partial charge in [0, 0.05) is 24.2 Å². The van der Waals surface area contributed by atoms with E-state index < -0.39 is 0 Å². The smallest absolute Gasteiger partial charge is 0.347 e. The predicted octanol–water partition coefficient (Wildman–Crippen LogP) is 1.21. The minimum absolute atomic E-state index is 0.326. The van der Waals surface area contributed by atoms with Gasteiger partial charge in [-0.25, -0.2) is 4.79 Å². The Morgan fingerprint density at radius 3 is 2.90 bits per heavy atom. The molecule has 1 aliphatic rings. The van der Waals surface area contributed by atoms with Crippen LogP contribution in [-0.2, 0) is 12.8 Å². The molecule has 3 N–H and O–H groups in total. The number of rotatable bonds is 3. The maximum absolute atomic E-state index is 11.8. The van der Waals surface area contributed by atoms with Crippen molar-refractivity contribution in [2.75, 3.05) is 25.5 Å². The van der Waals surface area contributed by atoms with Gasteiger partial charge in [-0.15, -0.1) is 0 Å². The third-order valence-corrected chi connectivity index (χ3v) is 3.58. The van der Waals surface area contributed by atoms with Crippen LogP contribution in [0.2, 0.25) is 0 Å². The molecule has 2 aromatic rings. The lowest BCUT2D eigenvalue weighted by molar-refractivity contribution is 0.417. The number of benzene rings is 1. The van der Waals surface area contributed by atoms with Gasteiger partial charge in [-0.1, -0.05) is 12.1 Å². The van der Waals surface area contributed by atoms with Crippen molar-refractivity contribution < 1.29 is 4.74 Å². The minimum atomic E-state index is -0.326. The monoisotopic (exact) mass is 286 g/mol. The van der Waals surface area contributed by atoms with Crippen molar-refractivity contribution in [3.05, 3.63) is 46.0 Å². The number of ether oxygens (including phenoxy) is 1. The topological polar surface area (TPSA) is 79.0 Å². The number of aromatic amines is 1. The molecule has 0 fully saturated rings. The van der Waals surface area contributed by atoms with E-state index in [2.05, 4.69) is 20.6 Å². The Bertz CT molecular complexity index is 696. The van der Waals surface area contributed by atoms with E-state index in [1.54, 1.807) is 7.11 Å². The molecule has 1 aromatic carbocycles. The van der Waals surface area contributed by atoms with Gasteiger partial charge in [-0.2, -0.15) is 4.98 Å². The molecule has 1 aromatic heterocycles. The highest BCUT2D eigenvalue weighted by Gasteiger charge is 2.15. The van der Waals surface area contributed by atoms with Gasteiger partial charge < -0.3 is 20.4 Å². The van der Waals surface area contributed by atoms with Gasteiger partial charge >= 0.3 is 5.69 Å². The summed E-state index contributed by atoms with van der Waals surface area (Å²) in [5, 5.41) is 6.56. The van der Waals surface area contributed by atoms with Crippen molar-refractivity contribution in [1.29, 1.82) is 0 Å². The third-order valence-electron chi connectivity index (χ3n) is 3.58. The first-order chi connectivity index (χ1) is 10.3. The summed E-state index contributed by atoms with van der Waals surface area (Å²) in [4.78, 5) is 18.7. The lowest BCUT2D eigenvalue weighted by Gasteiger charge is -2.14. The van der Waals surface area contributed by atoms with E-state index in [0.29, 0.717) is 5.82 Å². The molecule has 2 heterocycles. The second kappa shape index (κ2) is 5.97. The van der Waals surface area contributed by atoms with Crippen LogP contribution in [0.15, 0.2) is 29.1 Å². The van der Waals surface area contributed by atoms with E-state index in [1.165, 1.54) is 0 Å². The van der Waals surface area contributed by atoms with Gasteiger partial charge in [-0.05, 0) is 25.1 Å². The van der Waals surface area contributed by atoms with Crippen molar-refractivity contribution in [1.82, 2.24) is 15.3 Å². The summed E-state index contributed by atoms with van der Waals surface area (Å²) in [6.07, 6.45) is 1.63. The molecular formula is C15H18N4O2. The van der Waals surface area contributed by atoms with Crippen LogP contribution in [0.5, 0.6) is 5.75 Å². The number of anilines is 2. The number of hydrogen-bond acceptors (Lipinski definition) is 5. The van der Waals surface area contributed by atoms with Crippen LogP contribution in [0.3, 0.4) is 0 Å². The number of nitrogens with zero attached hydrogens (tertiary/aromatic N) is 1. The molecule has 110 valence electrons.